The van der Waals surface area contributed by atoms with E-state index < -0.39 is 33.3 Å². The third kappa shape index (κ3) is 4.01. The molecule has 1 amide bonds. The lowest BCUT2D eigenvalue weighted by Gasteiger charge is -2.22. The molecular formula is C17H16F2N2O5S. The van der Waals surface area contributed by atoms with E-state index in [1.165, 1.54) is 24.3 Å². The van der Waals surface area contributed by atoms with Gasteiger partial charge in [0.15, 0.2) is 11.5 Å². The number of para-hydroxylation sites is 1. The Morgan fingerprint density at radius 1 is 1.15 bits per heavy atom. The molecule has 0 aromatic heterocycles. The van der Waals surface area contributed by atoms with Gasteiger partial charge in [0.05, 0.1) is 4.90 Å². The van der Waals surface area contributed by atoms with E-state index >= 15 is 0 Å². The predicted molar refractivity (Wildman–Crippen MR) is 92.1 cm³/mol. The number of benzene rings is 2. The van der Waals surface area contributed by atoms with Crippen LogP contribution in [0.15, 0.2) is 41.3 Å². The van der Waals surface area contributed by atoms with Gasteiger partial charge in [0.2, 0.25) is 22.7 Å². The van der Waals surface area contributed by atoms with Crippen molar-refractivity contribution in [3.63, 3.8) is 0 Å². The molecule has 0 fully saturated rings. The van der Waals surface area contributed by atoms with Crippen LogP contribution in [-0.2, 0) is 14.8 Å². The molecule has 0 aliphatic carbocycles. The van der Waals surface area contributed by atoms with Crippen LogP contribution < -0.4 is 19.1 Å². The van der Waals surface area contributed by atoms with Gasteiger partial charge < -0.3 is 14.4 Å². The quantitative estimate of drug-likeness (QED) is 0.805. The maximum atomic E-state index is 13.9. The van der Waals surface area contributed by atoms with E-state index in [2.05, 4.69) is 4.72 Å². The van der Waals surface area contributed by atoms with Crippen LogP contribution in [0.3, 0.4) is 0 Å². The molecular weight excluding hydrogens is 382 g/mol. The molecule has 144 valence electrons. The van der Waals surface area contributed by atoms with Crippen molar-refractivity contribution in [1.82, 2.24) is 4.72 Å². The van der Waals surface area contributed by atoms with Crippen LogP contribution in [0.1, 0.15) is 6.92 Å². The molecule has 2 aromatic rings. The Hall–Kier alpha value is -2.72. The monoisotopic (exact) mass is 398 g/mol. The number of rotatable bonds is 6. The summed E-state index contributed by atoms with van der Waals surface area (Å²) in [6.45, 7) is 0.646. The smallest absolute Gasteiger partial charge is 0.240 e. The molecule has 27 heavy (non-hydrogen) atoms. The van der Waals surface area contributed by atoms with Crippen molar-refractivity contribution in [2.24, 2.45) is 0 Å². The van der Waals surface area contributed by atoms with Gasteiger partial charge in [0.1, 0.15) is 17.3 Å². The normalized spacial score (nSPS) is 12.9. The maximum absolute atomic E-state index is 13.9. The van der Waals surface area contributed by atoms with Crippen LogP contribution >= 0.6 is 0 Å². The zero-order valence-corrected chi connectivity index (χ0v) is 15.1. The van der Waals surface area contributed by atoms with E-state index in [4.69, 9.17) is 9.47 Å². The molecule has 10 heteroatoms. The Morgan fingerprint density at radius 2 is 1.81 bits per heavy atom. The van der Waals surface area contributed by atoms with Crippen LogP contribution in [0, 0.1) is 11.6 Å². The van der Waals surface area contributed by atoms with Crippen molar-refractivity contribution < 1.29 is 31.5 Å². The summed E-state index contributed by atoms with van der Waals surface area (Å²) in [6, 6.07) is 7.33. The number of carbonyl (C=O) groups excluding carboxylic acids is 1. The number of sulfonamides is 1. The molecule has 1 aliphatic rings. The Labute approximate surface area is 154 Å². The van der Waals surface area contributed by atoms with Gasteiger partial charge in [-0.3, -0.25) is 4.79 Å². The summed E-state index contributed by atoms with van der Waals surface area (Å²) in [5.74, 6) is -1.71. The molecule has 7 nitrogen and oxygen atoms in total. The Kier molecular flexibility index (Phi) is 5.29. The first-order valence-corrected chi connectivity index (χ1v) is 9.39. The largest absolute Gasteiger partial charge is 0.454 e. The summed E-state index contributed by atoms with van der Waals surface area (Å²) < 4.78 is 65.2. The zero-order chi connectivity index (χ0) is 19.6. The SMILES string of the molecule is CC(=O)N(CCNS(=O)(=O)c1ccc2c(c1)OCO2)c1c(F)cccc1F. The van der Waals surface area contributed by atoms with E-state index in [9.17, 15) is 22.0 Å². The second-order valence-corrected chi connectivity index (χ2v) is 7.42. The first kappa shape index (κ1) is 19.1. The van der Waals surface area contributed by atoms with Crippen LogP contribution in [0.5, 0.6) is 11.5 Å². The van der Waals surface area contributed by atoms with Gasteiger partial charge in [-0.15, -0.1) is 0 Å². The highest BCUT2D eigenvalue weighted by molar-refractivity contribution is 7.89. The molecule has 2 aromatic carbocycles. The molecule has 0 unspecified atom stereocenters. The lowest BCUT2D eigenvalue weighted by molar-refractivity contribution is -0.116. The van der Waals surface area contributed by atoms with Crippen LogP contribution in [0.25, 0.3) is 0 Å². The van der Waals surface area contributed by atoms with Gasteiger partial charge in [0.25, 0.3) is 0 Å². The van der Waals surface area contributed by atoms with Crippen molar-refractivity contribution in [3.05, 3.63) is 48.0 Å². The van der Waals surface area contributed by atoms with Crippen molar-refractivity contribution in [2.45, 2.75) is 11.8 Å². The first-order valence-electron chi connectivity index (χ1n) is 7.91. The van der Waals surface area contributed by atoms with Gasteiger partial charge in [-0.25, -0.2) is 21.9 Å². The van der Waals surface area contributed by atoms with E-state index in [0.29, 0.717) is 11.5 Å². The fourth-order valence-corrected chi connectivity index (χ4v) is 3.63. The molecule has 3 rings (SSSR count). The number of amides is 1. The minimum Gasteiger partial charge on any atom is -0.454 e. The summed E-state index contributed by atoms with van der Waals surface area (Å²) in [4.78, 5) is 12.6. The number of halogens is 2. The number of anilines is 1. The Morgan fingerprint density at radius 3 is 2.48 bits per heavy atom. The van der Waals surface area contributed by atoms with Crippen molar-refractivity contribution >= 4 is 21.6 Å². The van der Waals surface area contributed by atoms with E-state index in [1.807, 2.05) is 0 Å². The molecule has 0 atom stereocenters. The summed E-state index contributed by atoms with van der Waals surface area (Å²) in [5, 5.41) is 0. The van der Waals surface area contributed by atoms with Crippen molar-refractivity contribution in [2.75, 3.05) is 24.8 Å². The van der Waals surface area contributed by atoms with Crippen molar-refractivity contribution in [1.29, 1.82) is 0 Å². The summed E-state index contributed by atoms with van der Waals surface area (Å²) >= 11 is 0. The second-order valence-electron chi connectivity index (χ2n) is 5.65. The summed E-state index contributed by atoms with van der Waals surface area (Å²) in [5.41, 5.74) is -0.521. The fraction of sp³-hybridized carbons (Fsp3) is 0.235. The third-order valence-corrected chi connectivity index (χ3v) is 5.33. The van der Waals surface area contributed by atoms with Crippen molar-refractivity contribution in [3.8, 4) is 11.5 Å². The minimum atomic E-state index is -3.92. The van der Waals surface area contributed by atoms with Gasteiger partial charge in [-0.2, -0.15) is 0 Å². The lowest BCUT2D eigenvalue weighted by Crippen LogP contribution is -2.38. The highest BCUT2D eigenvalue weighted by atomic mass is 32.2. The summed E-state index contributed by atoms with van der Waals surface area (Å²) in [6.07, 6.45) is 0. The van der Waals surface area contributed by atoms with E-state index in [1.54, 1.807) is 0 Å². The highest BCUT2D eigenvalue weighted by Crippen LogP contribution is 2.33. The molecule has 0 saturated carbocycles. The molecule has 0 radical (unpaired) electrons. The Balaban J connectivity index is 1.72. The summed E-state index contributed by atoms with van der Waals surface area (Å²) in [7, 11) is -3.92. The maximum Gasteiger partial charge on any atom is 0.240 e. The van der Waals surface area contributed by atoms with Gasteiger partial charge in [0, 0.05) is 26.1 Å². The number of nitrogens with one attached hydrogen (secondary N) is 1. The lowest BCUT2D eigenvalue weighted by atomic mass is 10.2. The molecule has 1 N–H and O–H groups in total. The molecule has 0 bridgehead atoms. The average Bonchev–Trinajstić information content (AvgIpc) is 3.07. The van der Waals surface area contributed by atoms with Crippen LogP contribution in [0.4, 0.5) is 14.5 Å². The standard InChI is InChI=1S/C17H16F2N2O5S/c1-11(22)21(17-13(18)3-2-4-14(17)19)8-7-20-27(23,24)12-5-6-15-16(9-12)26-10-25-15/h2-6,9,20H,7-8,10H2,1H3. The van der Waals surface area contributed by atoms with E-state index in [-0.39, 0.29) is 24.8 Å². The average molecular weight is 398 g/mol. The second kappa shape index (κ2) is 7.49. The number of hydrogen-bond acceptors (Lipinski definition) is 5. The first-order chi connectivity index (χ1) is 12.8. The number of fused-ring (bicyclic) bond motifs is 1. The number of ether oxygens (including phenoxy) is 2. The highest BCUT2D eigenvalue weighted by Gasteiger charge is 2.23. The van der Waals surface area contributed by atoms with Crippen LogP contribution in [0.2, 0.25) is 0 Å². The third-order valence-electron chi connectivity index (χ3n) is 3.87. The zero-order valence-electron chi connectivity index (χ0n) is 14.2. The number of nitrogens with zero attached hydrogens (tertiary/aromatic N) is 1. The van der Waals surface area contributed by atoms with Crippen LogP contribution in [-0.4, -0.2) is 34.2 Å². The molecule has 1 heterocycles. The van der Waals surface area contributed by atoms with Gasteiger partial charge in [-0.1, -0.05) is 6.07 Å². The topological polar surface area (TPSA) is 84.9 Å². The molecule has 1 aliphatic heterocycles. The van der Waals surface area contributed by atoms with Gasteiger partial charge >= 0.3 is 0 Å². The Bertz CT molecular complexity index is 961. The van der Waals surface area contributed by atoms with Gasteiger partial charge in [-0.05, 0) is 24.3 Å². The predicted octanol–water partition coefficient (Wildman–Crippen LogP) is 2.02. The minimum absolute atomic E-state index is 0.00797. The number of carbonyl (C=O) groups is 1. The fourth-order valence-electron chi connectivity index (χ4n) is 2.59. The van der Waals surface area contributed by atoms with E-state index in [0.717, 1.165) is 24.0 Å². The molecule has 0 saturated heterocycles. The molecule has 0 spiro atoms. The number of hydrogen-bond donors (Lipinski definition) is 1.